The molecule has 1 N–H and O–H groups in total. The van der Waals surface area contributed by atoms with Gasteiger partial charge in [-0.05, 0) is 67.5 Å². The van der Waals surface area contributed by atoms with Gasteiger partial charge in [0.2, 0.25) is 6.41 Å². The third-order valence-corrected chi connectivity index (χ3v) is 7.18. The van der Waals surface area contributed by atoms with Gasteiger partial charge in [0, 0.05) is 37.9 Å². The third kappa shape index (κ3) is 6.27. The molecule has 1 aromatic heterocycles. The van der Waals surface area contributed by atoms with Crippen LogP contribution in [-0.2, 0) is 4.79 Å². The second-order valence-corrected chi connectivity index (χ2v) is 9.44. The van der Waals surface area contributed by atoms with Gasteiger partial charge in [0.05, 0.1) is 5.69 Å². The first-order valence-corrected chi connectivity index (χ1v) is 12.3. The maximum absolute atomic E-state index is 12.9. The number of piperidine rings is 1. The molecule has 0 spiro atoms. The number of nitrogens with one attached hydrogen (secondary N) is 1. The van der Waals surface area contributed by atoms with Crippen LogP contribution in [0.25, 0.3) is 0 Å². The maximum atomic E-state index is 12.9. The summed E-state index contributed by atoms with van der Waals surface area (Å²) in [5.41, 5.74) is 2.38. The average Bonchev–Trinajstić information content (AvgIpc) is 2.88. The van der Waals surface area contributed by atoms with Gasteiger partial charge in [-0.25, -0.2) is 4.98 Å². The normalized spacial score (nSPS) is 17.5. The maximum Gasteiger partial charge on any atom is 0.573 e. The summed E-state index contributed by atoms with van der Waals surface area (Å²) < 4.78 is 41.0. The lowest BCUT2D eigenvalue weighted by Crippen LogP contribution is -2.45. The Morgan fingerprint density at radius 2 is 1.78 bits per heavy atom. The number of hydrogen-bond donors (Lipinski definition) is 1. The summed E-state index contributed by atoms with van der Waals surface area (Å²) in [5.74, 6) is 0.421. The third-order valence-electron chi connectivity index (χ3n) is 7.18. The van der Waals surface area contributed by atoms with Crippen molar-refractivity contribution in [3.63, 3.8) is 0 Å². The number of ether oxygens (including phenoxy) is 1. The van der Waals surface area contributed by atoms with Crippen LogP contribution in [-0.4, -0.2) is 54.7 Å². The Bertz CT molecular complexity index is 1050. The molecule has 1 aromatic carbocycles. The molecule has 2 amide bonds. The van der Waals surface area contributed by atoms with E-state index in [1.165, 1.54) is 37.0 Å². The van der Waals surface area contributed by atoms with Crippen molar-refractivity contribution in [1.82, 2.24) is 9.88 Å². The summed E-state index contributed by atoms with van der Waals surface area (Å²) >= 11 is 0. The van der Waals surface area contributed by atoms with Crippen molar-refractivity contribution in [3.05, 3.63) is 47.7 Å². The van der Waals surface area contributed by atoms with E-state index in [0.29, 0.717) is 49.6 Å². The molecule has 194 valence electrons. The van der Waals surface area contributed by atoms with Crippen LogP contribution in [0, 0.1) is 0 Å². The van der Waals surface area contributed by atoms with Crippen molar-refractivity contribution in [1.29, 1.82) is 0 Å². The molecule has 1 aliphatic heterocycles. The fourth-order valence-electron chi connectivity index (χ4n) is 5.20. The van der Waals surface area contributed by atoms with E-state index in [0.717, 1.165) is 30.7 Å². The van der Waals surface area contributed by atoms with Gasteiger partial charge in [-0.3, -0.25) is 9.59 Å². The average molecular weight is 505 g/mol. The first-order chi connectivity index (χ1) is 17.2. The van der Waals surface area contributed by atoms with Gasteiger partial charge in [-0.15, -0.1) is 13.2 Å². The molecule has 2 aromatic rings. The number of amides is 2. The van der Waals surface area contributed by atoms with E-state index in [4.69, 9.17) is 0 Å². The second-order valence-electron chi connectivity index (χ2n) is 9.44. The number of rotatable bonds is 7. The number of pyridine rings is 1. The van der Waals surface area contributed by atoms with Crippen LogP contribution in [0.2, 0.25) is 0 Å². The van der Waals surface area contributed by atoms with Gasteiger partial charge in [0.1, 0.15) is 5.75 Å². The zero-order valence-corrected chi connectivity index (χ0v) is 20.3. The SMILES string of the molecule is CN(c1cc(C2CCCCC2)cnc1NC=O)C1CCN(C(=O)c2ccc(OC(F)(F)F)cc2)CC1. The summed E-state index contributed by atoms with van der Waals surface area (Å²) in [6, 6.07) is 7.27. The van der Waals surface area contributed by atoms with Crippen molar-refractivity contribution in [2.24, 2.45) is 0 Å². The van der Waals surface area contributed by atoms with Crippen molar-refractivity contribution in [2.45, 2.75) is 63.3 Å². The number of likely N-dealkylation sites (tertiary alicyclic amines) is 1. The number of benzene rings is 1. The number of alkyl halides is 3. The van der Waals surface area contributed by atoms with E-state index in [9.17, 15) is 22.8 Å². The number of hydrogen-bond acceptors (Lipinski definition) is 5. The highest BCUT2D eigenvalue weighted by Crippen LogP contribution is 2.36. The Balaban J connectivity index is 1.40. The predicted octanol–water partition coefficient (Wildman–Crippen LogP) is 5.34. The Kier molecular flexibility index (Phi) is 8.01. The van der Waals surface area contributed by atoms with Crippen LogP contribution < -0.4 is 15.0 Å². The van der Waals surface area contributed by atoms with E-state index < -0.39 is 6.36 Å². The number of anilines is 2. The van der Waals surface area contributed by atoms with Gasteiger partial charge in [-0.2, -0.15) is 0 Å². The summed E-state index contributed by atoms with van der Waals surface area (Å²) in [4.78, 5) is 32.5. The molecule has 0 bridgehead atoms. The fraction of sp³-hybridized carbons (Fsp3) is 0.500. The number of aromatic nitrogens is 1. The summed E-state index contributed by atoms with van der Waals surface area (Å²) in [6.07, 6.45) is 5.15. The molecule has 2 aliphatic rings. The molecule has 0 radical (unpaired) electrons. The molecule has 36 heavy (non-hydrogen) atoms. The summed E-state index contributed by atoms with van der Waals surface area (Å²) in [6.45, 7) is 1.03. The Morgan fingerprint density at radius 1 is 1.11 bits per heavy atom. The molecule has 2 fully saturated rings. The van der Waals surface area contributed by atoms with Crippen LogP contribution in [0.5, 0.6) is 5.75 Å². The van der Waals surface area contributed by atoms with Crippen LogP contribution in [0.3, 0.4) is 0 Å². The largest absolute Gasteiger partial charge is 0.573 e. The topological polar surface area (TPSA) is 74.8 Å². The molecule has 7 nitrogen and oxygen atoms in total. The fourth-order valence-corrected chi connectivity index (χ4v) is 5.20. The number of halogens is 3. The monoisotopic (exact) mass is 504 g/mol. The molecule has 1 saturated carbocycles. The zero-order chi connectivity index (χ0) is 25.7. The van der Waals surface area contributed by atoms with Crippen LogP contribution in [0.4, 0.5) is 24.7 Å². The molecular formula is C26H31F3N4O3. The van der Waals surface area contributed by atoms with Crippen molar-refractivity contribution < 1.29 is 27.5 Å². The Morgan fingerprint density at radius 3 is 2.39 bits per heavy atom. The van der Waals surface area contributed by atoms with Gasteiger partial charge in [0.25, 0.3) is 5.91 Å². The zero-order valence-electron chi connectivity index (χ0n) is 20.3. The van der Waals surface area contributed by atoms with E-state index in [1.54, 1.807) is 4.90 Å². The molecule has 2 heterocycles. The smallest absolute Gasteiger partial charge is 0.406 e. The Hall–Kier alpha value is -3.30. The van der Waals surface area contributed by atoms with Crippen molar-refractivity contribution in [3.8, 4) is 5.75 Å². The van der Waals surface area contributed by atoms with Gasteiger partial charge in [-0.1, -0.05) is 19.3 Å². The lowest BCUT2D eigenvalue weighted by atomic mass is 9.84. The molecular weight excluding hydrogens is 473 g/mol. The van der Waals surface area contributed by atoms with Crippen molar-refractivity contribution >= 4 is 23.8 Å². The lowest BCUT2D eigenvalue weighted by molar-refractivity contribution is -0.274. The number of carbonyl (C=O) groups excluding carboxylic acids is 2. The van der Waals surface area contributed by atoms with Gasteiger partial charge in [0.15, 0.2) is 5.82 Å². The van der Waals surface area contributed by atoms with Crippen LogP contribution in [0.1, 0.15) is 66.8 Å². The molecule has 4 rings (SSSR count). The molecule has 0 unspecified atom stereocenters. The van der Waals surface area contributed by atoms with E-state index >= 15 is 0 Å². The standard InChI is InChI=1S/C26H31F3N4O3/c1-32(23-15-20(16-30-24(23)31-17-34)18-5-3-2-4-6-18)21-11-13-33(14-12-21)25(35)19-7-9-22(10-8-19)36-26(27,28)29/h7-10,15-18,21H,2-6,11-14H2,1H3,(H,30,31,34). The quantitative estimate of drug-likeness (QED) is 0.516. The molecule has 1 aliphatic carbocycles. The molecule has 1 saturated heterocycles. The Labute approximate surface area is 208 Å². The highest BCUT2D eigenvalue weighted by Gasteiger charge is 2.31. The van der Waals surface area contributed by atoms with E-state index in [2.05, 4.69) is 26.0 Å². The van der Waals surface area contributed by atoms with Gasteiger partial charge < -0.3 is 19.9 Å². The molecule has 10 heteroatoms. The number of nitrogens with zero attached hydrogens (tertiary/aromatic N) is 3. The van der Waals surface area contributed by atoms with Crippen LogP contribution >= 0.6 is 0 Å². The highest BCUT2D eigenvalue weighted by molar-refractivity contribution is 5.94. The molecule has 0 atom stereocenters. The second kappa shape index (κ2) is 11.2. The minimum absolute atomic E-state index is 0.146. The predicted molar refractivity (Wildman–Crippen MR) is 130 cm³/mol. The van der Waals surface area contributed by atoms with Crippen LogP contribution in [0.15, 0.2) is 36.5 Å². The first kappa shape index (κ1) is 25.8. The first-order valence-electron chi connectivity index (χ1n) is 12.3. The minimum atomic E-state index is -4.77. The number of carbonyl (C=O) groups is 2. The summed E-state index contributed by atoms with van der Waals surface area (Å²) in [5, 5.41) is 2.71. The summed E-state index contributed by atoms with van der Waals surface area (Å²) in [7, 11) is 1.99. The lowest BCUT2D eigenvalue weighted by Gasteiger charge is -2.38. The van der Waals surface area contributed by atoms with E-state index in [1.807, 2.05) is 13.2 Å². The highest BCUT2D eigenvalue weighted by atomic mass is 19.4. The van der Waals surface area contributed by atoms with Crippen molar-refractivity contribution in [2.75, 3.05) is 30.4 Å². The minimum Gasteiger partial charge on any atom is -0.406 e. The van der Waals surface area contributed by atoms with Gasteiger partial charge >= 0.3 is 6.36 Å². The van der Waals surface area contributed by atoms with E-state index in [-0.39, 0.29) is 17.7 Å².